The van der Waals surface area contributed by atoms with Gasteiger partial charge in [-0.05, 0) is 48.7 Å². The number of para-hydroxylation sites is 3. The Morgan fingerprint density at radius 3 is 2.90 bits per heavy atom. The molecule has 3 aromatic rings. The van der Waals surface area contributed by atoms with Crippen LogP contribution in [0, 0.1) is 0 Å². The molecular formula is C24H25N3O2. The van der Waals surface area contributed by atoms with Crippen LogP contribution in [-0.4, -0.2) is 37.1 Å². The normalized spacial score (nSPS) is 16.9. The zero-order valence-corrected chi connectivity index (χ0v) is 16.5. The largest absolute Gasteiger partial charge is 0.495 e. The fourth-order valence-corrected chi connectivity index (χ4v) is 3.88. The minimum Gasteiger partial charge on any atom is -0.495 e. The molecule has 0 spiro atoms. The molecule has 0 saturated carbocycles. The molecule has 1 fully saturated rings. The van der Waals surface area contributed by atoms with Crippen molar-refractivity contribution in [1.29, 1.82) is 0 Å². The van der Waals surface area contributed by atoms with Gasteiger partial charge >= 0.3 is 0 Å². The number of ether oxygens (including phenoxy) is 1. The molecule has 2 aromatic carbocycles. The van der Waals surface area contributed by atoms with Gasteiger partial charge in [-0.3, -0.25) is 9.78 Å². The maximum Gasteiger partial charge on any atom is 0.244 e. The van der Waals surface area contributed by atoms with Crippen LogP contribution >= 0.6 is 0 Å². The van der Waals surface area contributed by atoms with Gasteiger partial charge in [-0.2, -0.15) is 0 Å². The summed E-state index contributed by atoms with van der Waals surface area (Å²) in [5.41, 5.74) is 2.99. The minimum absolute atomic E-state index is 0.0715. The minimum atomic E-state index is -0.0715. The summed E-state index contributed by atoms with van der Waals surface area (Å²) in [7, 11) is 1.69. The first-order valence-electron chi connectivity index (χ1n) is 9.95. The van der Waals surface area contributed by atoms with E-state index >= 15 is 0 Å². The molecule has 0 aliphatic carbocycles. The van der Waals surface area contributed by atoms with Crippen LogP contribution in [0.5, 0.6) is 5.75 Å². The summed E-state index contributed by atoms with van der Waals surface area (Å²) in [6.07, 6.45) is 7.25. The van der Waals surface area contributed by atoms with E-state index in [1.165, 1.54) is 0 Å². The predicted molar refractivity (Wildman–Crippen MR) is 117 cm³/mol. The molecule has 5 nitrogen and oxygen atoms in total. The second-order valence-corrected chi connectivity index (χ2v) is 7.22. The molecular weight excluding hydrogens is 362 g/mol. The van der Waals surface area contributed by atoms with E-state index < -0.39 is 0 Å². The molecule has 29 heavy (non-hydrogen) atoms. The zero-order chi connectivity index (χ0) is 20.1. The lowest BCUT2D eigenvalue weighted by Crippen LogP contribution is -2.47. The van der Waals surface area contributed by atoms with Crippen molar-refractivity contribution in [2.24, 2.45) is 0 Å². The predicted octanol–water partition coefficient (Wildman–Crippen LogP) is 4.04. The van der Waals surface area contributed by atoms with E-state index in [1.807, 2.05) is 54.6 Å². The number of piperidine rings is 1. The number of anilines is 1. The van der Waals surface area contributed by atoms with Crippen molar-refractivity contribution in [2.45, 2.75) is 18.9 Å². The number of rotatable bonds is 5. The number of amides is 1. The Kier molecular flexibility index (Phi) is 5.75. The van der Waals surface area contributed by atoms with E-state index in [0.717, 1.165) is 53.8 Å². The molecule has 2 heterocycles. The highest BCUT2D eigenvalue weighted by Gasteiger charge is 2.22. The van der Waals surface area contributed by atoms with E-state index in [-0.39, 0.29) is 11.9 Å². The Morgan fingerprint density at radius 1 is 1.17 bits per heavy atom. The quantitative estimate of drug-likeness (QED) is 0.672. The number of hydrogen-bond donors (Lipinski definition) is 1. The highest BCUT2D eigenvalue weighted by Crippen LogP contribution is 2.29. The van der Waals surface area contributed by atoms with Gasteiger partial charge in [-0.1, -0.05) is 30.3 Å². The second kappa shape index (κ2) is 8.78. The Labute approximate surface area is 171 Å². The van der Waals surface area contributed by atoms with E-state index in [0.29, 0.717) is 0 Å². The van der Waals surface area contributed by atoms with E-state index in [2.05, 4.69) is 21.3 Å². The first kappa shape index (κ1) is 19.0. The number of methoxy groups -OCH3 is 1. The second-order valence-electron chi connectivity index (χ2n) is 7.22. The fourth-order valence-electron chi connectivity index (χ4n) is 3.88. The van der Waals surface area contributed by atoms with Gasteiger partial charge < -0.3 is 15.0 Å². The monoisotopic (exact) mass is 387 g/mol. The number of fused-ring (bicyclic) bond motifs is 1. The first-order valence-corrected chi connectivity index (χ1v) is 9.95. The van der Waals surface area contributed by atoms with Crippen molar-refractivity contribution in [3.05, 3.63) is 72.4 Å². The van der Waals surface area contributed by atoms with Crippen LogP contribution in [0.1, 0.15) is 18.4 Å². The number of hydrogen-bond acceptors (Lipinski definition) is 4. The van der Waals surface area contributed by atoms with Gasteiger partial charge in [0, 0.05) is 36.8 Å². The third-order valence-electron chi connectivity index (χ3n) is 5.29. The van der Waals surface area contributed by atoms with E-state index in [1.54, 1.807) is 19.4 Å². The van der Waals surface area contributed by atoms with Gasteiger partial charge in [-0.15, -0.1) is 0 Å². The van der Waals surface area contributed by atoms with Crippen LogP contribution in [0.25, 0.3) is 17.0 Å². The standard InChI is InChI=1S/C24H25N3O2/c1-29-23-11-5-4-10-22(23)27-16-6-7-19(17-27)26-24(28)13-12-18-14-15-25-21-9-3-2-8-20(18)21/h2-5,8-15,19H,6-7,16-17H2,1H3,(H,26,28)/b13-12+. The molecule has 1 aliphatic heterocycles. The molecule has 1 atom stereocenters. The van der Waals surface area contributed by atoms with Gasteiger partial charge in [0.05, 0.1) is 18.3 Å². The van der Waals surface area contributed by atoms with Crippen LogP contribution in [0.15, 0.2) is 66.9 Å². The summed E-state index contributed by atoms with van der Waals surface area (Å²) in [5.74, 6) is 0.793. The van der Waals surface area contributed by atoms with Crippen molar-refractivity contribution in [3.8, 4) is 5.75 Å². The molecule has 5 heteroatoms. The molecule has 148 valence electrons. The Hall–Kier alpha value is -3.34. The molecule has 1 amide bonds. The number of nitrogens with one attached hydrogen (secondary N) is 1. The highest BCUT2D eigenvalue weighted by atomic mass is 16.5. The summed E-state index contributed by atoms with van der Waals surface area (Å²) >= 11 is 0. The first-order chi connectivity index (χ1) is 14.2. The number of carbonyl (C=O) groups is 1. The van der Waals surface area contributed by atoms with Gasteiger partial charge in [0.2, 0.25) is 5.91 Å². The number of benzene rings is 2. The van der Waals surface area contributed by atoms with Gasteiger partial charge in [0.15, 0.2) is 0 Å². The van der Waals surface area contributed by atoms with Crippen LogP contribution < -0.4 is 15.0 Å². The van der Waals surface area contributed by atoms with Gasteiger partial charge in [0.25, 0.3) is 0 Å². The molecule has 0 bridgehead atoms. The summed E-state index contributed by atoms with van der Waals surface area (Å²) < 4.78 is 5.49. The van der Waals surface area contributed by atoms with Gasteiger partial charge in [0.1, 0.15) is 5.75 Å². The summed E-state index contributed by atoms with van der Waals surface area (Å²) in [4.78, 5) is 19.2. The highest BCUT2D eigenvalue weighted by molar-refractivity contribution is 5.95. The maximum atomic E-state index is 12.5. The van der Waals surface area contributed by atoms with Crippen molar-refractivity contribution in [2.75, 3.05) is 25.1 Å². The molecule has 1 aliphatic rings. The lowest BCUT2D eigenvalue weighted by molar-refractivity contribution is -0.117. The van der Waals surface area contributed by atoms with Crippen LogP contribution in [0.3, 0.4) is 0 Å². The molecule has 1 unspecified atom stereocenters. The zero-order valence-electron chi connectivity index (χ0n) is 16.5. The molecule has 4 rings (SSSR count). The smallest absolute Gasteiger partial charge is 0.244 e. The lowest BCUT2D eigenvalue weighted by atomic mass is 10.0. The fraction of sp³-hybridized carbons (Fsp3) is 0.250. The molecule has 0 radical (unpaired) electrons. The average molecular weight is 387 g/mol. The third kappa shape index (κ3) is 4.40. The maximum absolute atomic E-state index is 12.5. The van der Waals surface area contributed by atoms with Crippen LogP contribution in [0.2, 0.25) is 0 Å². The van der Waals surface area contributed by atoms with Gasteiger partial charge in [-0.25, -0.2) is 0 Å². The molecule has 1 aromatic heterocycles. The summed E-state index contributed by atoms with van der Waals surface area (Å²) in [6, 6.07) is 18.0. The Morgan fingerprint density at radius 2 is 2.00 bits per heavy atom. The van der Waals surface area contributed by atoms with Crippen LogP contribution in [0.4, 0.5) is 5.69 Å². The third-order valence-corrected chi connectivity index (χ3v) is 5.29. The number of pyridine rings is 1. The van der Waals surface area contributed by atoms with E-state index in [9.17, 15) is 4.79 Å². The van der Waals surface area contributed by atoms with E-state index in [4.69, 9.17) is 4.74 Å². The SMILES string of the molecule is COc1ccccc1N1CCCC(NC(=O)/C=C/c2ccnc3ccccc23)C1. The molecule has 1 saturated heterocycles. The van der Waals surface area contributed by atoms with Crippen molar-refractivity contribution in [1.82, 2.24) is 10.3 Å². The lowest BCUT2D eigenvalue weighted by Gasteiger charge is -2.35. The van der Waals surface area contributed by atoms with Crippen molar-refractivity contribution >= 4 is 28.6 Å². The van der Waals surface area contributed by atoms with Crippen LogP contribution in [-0.2, 0) is 4.79 Å². The Balaban J connectivity index is 1.42. The average Bonchev–Trinajstić information content (AvgIpc) is 2.78. The summed E-state index contributed by atoms with van der Waals surface area (Å²) in [5, 5.41) is 4.19. The van der Waals surface area contributed by atoms with Crippen molar-refractivity contribution < 1.29 is 9.53 Å². The summed E-state index contributed by atoms with van der Waals surface area (Å²) in [6.45, 7) is 1.74. The number of aromatic nitrogens is 1. The van der Waals surface area contributed by atoms with Crippen molar-refractivity contribution in [3.63, 3.8) is 0 Å². The topological polar surface area (TPSA) is 54.5 Å². The Bertz CT molecular complexity index is 1030. The molecule has 1 N–H and O–H groups in total. The number of carbonyl (C=O) groups excluding carboxylic acids is 1. The number of nitrogens with zero attached hydrogens (tertiary/aromatic N) is 2.